The highest BCUT2D eigenvalue weighted by Crippen LogP contribution is 2.20. The van der Waals surface area contributed by atoms with E-state index in [0.29, 0.717) is 12.1 Å². The lowest BCUT2D eigenvalue weighted by Gasteiger charge is -2.01. The Morgan fingerprint density at radius 3 is 2.94 bits per heavy atom. The van der Waals surface area contributed by atoms with Gasteiger partial charge in [0.05, 0.1) is 5.69 Å². The van der Waals surface area contributed by atoms with Crippen molar-refractivity contribution in [1.29, 1.82) is 0 Å². The van der Waals surface area contributed by atoms with Crippen molar-refractivity contribution in [3.8, 4) is 5.13 Å². The molecule has 90 valence electrons. The molecule has 3 aromatic rings. The molecule has 0 saturated heterocycles. The Kier molecular flexibility index (Phi) is 2.99. The minimum Gasteiger partial charge on any atom is -0.296 e. The predicted octanol–water partition coefficient (Wildman–Crippen LogP) is 2.19. The minimum atomic E-state index is 0.374. The van der Waals surface area contributed by atoms with Crippen LogP contribution in [0.25, 0.3) is 5.13 Å². The second kappa shape index (κ2) is 4.79. The SMILES string of the molecule is O=Cc1nnn(-c2nccs2)c1Cc1cccs1. The van der Waals surface area contributed by atoms with Crippen molar-refractivity contribution >= 4 is 29.0 Å². The van der Waals surface area contributed by atoms with E-state index in [1.54, 1.807) is 22.2 Å². The van der Waals surface area contributed by atoms with Crippen molar-refractivity contribution in [2.24, 2.45) is 0 Å². The van der Waals surface area contributed by atoms with Gasteiger partial charge in [-0.05, 0) is 11.4 Å². The molecule has 0 N–H and O–H groups in total. The highest BCUT2D eigenvalue weighted by Gasteiger charge is 2.16. The summed E-state index contributed by atoms with van der Waals surface area (Å²) in [6, 6.07) is 4.01. The van der Waals surface area contributed by atoms with Crippen molar-refractivity contribution in [1.82, 2.24) is 20.0 Å². The molecule has 5 nitrogen and oxygen atoms in total. The van der Waals surface area contributed by atoms with E-state index in [4.69, 9.17) is 0 Å². The molecule has 0 aliphatic rings. The summed E-state index contributed by atoms with van der Waals surface area (Å²) in [5.74, 6) is 0. The van der Waals surface area contributed by atoms with Crippen molar-refractivity contribution in [3.05, 3.63) is 45.4 Å². The number of aromatic nitrogens is 4. The number of hydrogen-bond acceptors (Lipinski definition) is 6. The van der Waals surface area contributed by atoms with Crippen LogP contribution in [-0.4, -0.2) is 26.3 Å². The predicted molar refractivity (Wildman–Crippen MR) is 69.5 cm³/mol. The quantitative estimate of drug-likeness (QED) is 0.685. The average molecular weight is 276 g/mol. The van der Waals surface area contributed by atoms with Gasteiger partial charge in [-0.3, -0.25) is 4.79 Å². The topological polar surface area (TPSA) is 60.7 Å². The van der Waals surface area contributed by atoms with Gasteiger partial charge in [0.15, 0.2) is 6.29 Å². The van der Waals surface area contributed by atoms with Crippen LogP contribution in [0.1, 0.15) is 21.1 Å². The van der Waals surface area contributed by atoms with Crippen molar-refractivity contribution < 1.29 is 4.79 Å². The molecule has 0 saturated carbocycles. The van der Waals surface area contributed by atoms with Crippen LogP contribution in [0.4, 0.5) is 0 Å². The maximum Gasteiger partial charge on any atom is 0.211 e. The molecule has 0 aliphatic heterocycles. The third kappa shape index (κ3) is 1.98. The summed E-state index contributed by atoms with van der Waals surface area (Å²) in [4.78, 5) is 16.4. The molecule has 18 heavy (non-hydrogen) atoms. The summed E-state index contributed by atoms with van der Waals surface area (Å²) < 4.78 is 1.63. The van der Waals surface area contributed by atoms with E-state index in [0.717, 1.165) is 17.1 Å². The number of carbonyl (C=O) groups excluding carboxylic acids is 1. The third-order valence-corrected chi connectivity index (χ3v) is 4.05. The van der Waals surface area contributed by atoms with Crippen molar-refractivity contribution in [3.63, 3.8) is 0 Å². The van der Waals surface area contributed by atoms with Gasteiger partial charge in [0.25, 0.3) is 0 Å². The van der Waals surface area contributed by atoms with Gasteiger partial charge < -0.3 is 0 Å². The summed E-state index contributed by atoms with van der Waals surface area (Å²) in [7, 11) is 0. The zero-order valence-corrected chi connectivity index (χ0v) is 10.8. The highest BCUT2D eigenvalue weighted by atomic mass is 32.1. The summed E-state index contributed by atoms with van der Waals surface area (Å²) in [5, 5.41) is 12.5. The summed E-state index contributed by atoms with van der Waals surface area (Å²) in [5.41, 5.74) is 1.15. The zero-order valence-electron chi connectivity index (χ0n) is 9.18. The monoisotopic (exact) mass is 276 g/mol. The van der Waals surface area contributed by atoms with Gasteiger partial charge in [-0.15, -0.1) is 27.8 Å². The second-order valence-corrected chi connectivity index (χ2v) is 5.43. The first-order valence-electron chi connectivity index (χ1n) is 5.20. The first-order valence-corrected chi connectivity index (χ1v) is 6.96. The number of carbonyl (C=O) groups is 1. The summed E-state index contributed by atoms with van der Waals surface area (Å²) in [6.45, 7) is 0. The molecule has 0 amide bonds. The standard InChI is InChI=1S/C11H8N4OS2/c16-7-9-10(6-8-2-1-4-17-8)15(14-13-9)11-12-3-5-18-11/h1-5,7H,6H2. The average Bonchev–Trinajstić information content (AvgIpc) is 3.10. The summed E-state index contributed by atoms with van der Waals surface area (Å²) >= 11 is 3.11. The van der Waals surface area contributed by atoms with E-state index < -0.39 is 0 Å². The molecule has 0 spiro atoms. The Labute approximate surface area is 111 Å². The lowest BCUT2D eigenvalue weighted by Crippen LogP contribution is -2.03. The fourth-order valence-electron chi connectivity index (χ4n) is 1.62. The van der Waals surface area contributed by atoms with Crippen molar-refractivity contribution in [2.75, 3.05) is 0 Å². The van der Waals surface area contributed by atoms with Crippen LogP contribution in [0.3, 0.4) is 0 Å². The van der Waals surface area contributed by atoms with Gasteiger partial charge in [0.1, 0.15) is 5.69 Å². The Morgan fingerprint density at radius 2 is 2.28 bits per heavy atom. The highest BCUT2D eigenvalue weighted by molar-refractivity contribution is 7.12. The molecule has 3 rings (SSSR count). The van der Waals surface area contributed by atoms with E-state index in [9.17, 15) is 4.79 Å². The number of thiazole rings is 1. The normalized spacial score (nSPS) is 10.7. The molecule has 0 radical (unpaired) electrons. The van der Waals surface area contributed by atoms with Gasteiger partial charge in [-0.2, -0.15) is 4.68 Å². The minimum absolute atomic E-state index is 0.374. The Balaban J connectivity index is 2.05. The molecule has 0 bridgehead atoms. The number of hydrogen-bond donors (Lipinski definition) is 0. The van der Waals surface area contributed by atoms with Crippen LogP contribution in [0.5, 0.6) is 0 Å². The van der Waals surface area contributed by atoms with Gasteiger partial charge in [-0.25, -0.2) is 4.98 Å². The molecule has 3 aromatic heterocycles. The van der Waals surface area contributed by atoms with Crippen LogP contribution >= 0.6 is 22.7 Å². The Hall–Kier alpha value is -1.86. The van der Waals surface area contributed by atoms with E-state index in [1.807, 2.05) is 22.9 Å². The lowest BCUT2D eigenvalue weighted by molar-refractivity contribution is 0.111. The van der Waals surface area contributed by atoms with E-state index in [-0.39, 0.29) is 0 Å². The van der Waals surface area contributed by atoms with Crippen molar-refractivity contribution in [2.45, 2.75) is 6.42 Å². The van der Waals surface area contributed by atoms with Gasteiger partial charge in [0, 0.05) is 22.9 Å². The molecular weight excluding hydrogens is 268 g/mol. The molecule has 7 heteroatoms. The number of aldehydes is 1. The van der Waals surface area contributed by atoms with E-state index in [2.05, 4.69) is 15.3 Å². The van der Waals surface area contributed by atoms with Gasteiger partial charge >= 0.3 is 0 Å². The largest absolute Gasteiger partial charge is 0.296 e. The molecule has 0 fully saturated rings. The smallest absolute Gasteiger partial charge is 0.211 e. The fraction of sp³-hybridized carbons (Fsp3) is 0.0909. The van der Waals surface area contributed by atoms with Crippen LogP contribution in [-0.2, 0) is 6.42 Å². The van der Waals surface area contributed by atoms with Crippen LogP contribution in [0.2, 0.25) is 0 Å². The van der Waals surface area contributed by atoms with Gasteiger partial charge in [-0.1, -0.05) is 11.3 Å². The van der Waals surface area contributed by atoms with Crippen LogP contribution < -0.4 is 0 Å². The number of thiophene rings is 1. The van der Waals surface area contributed by atoms with Crippen LogP contribution in [0.15, 0.2) is 29.1 Å². The molecular formula is C11H8N4OS2. The van der Waals surface area contributed by atoms with E-state index >= 15 is 0 Å². The Morgan fingerprint density at radius 1 is 1.33 bits per heavy atom. The maximum atomic E-state index is 11.0. The summed E-state index contributed by atoms with van der Waals surface area (Å²) in [6.07, 6.45) is 3.08. The molecule has 0 atom stereocenters. The molecule has 0 unspecified atom stereocenters. The number of nitrogens with zero attached hydrogens (tertiary/aromatic N) is 4. The molecule has 0 aliphatic carbocycles. The molecule has 3 heterocycles. The second-order valence-electron chi connectivity index (χ2n) is 3.52. The third-order valence-electron chi connectivity index (χ3n) is 2.43. The van der Waals surface area contributed by atoms with Gasteiger partial charge in [0.2, 0.25) is 5.13 Å². The maximum absolute atomic E-state index is 11.0. The fourth-order valence-corrected chi connectivity index (χ4v) is 2.94. The number of rotatable bonds is 4. The Bertz CT molecular complexity index is 643. The molecule has 0 aromatic carbocycles. The first-order chi connectivity index (χ1) is 8.88. The zero-order chi connectivity index (χ0) is 12.4. The first kappa shape index (κ1) is 11.2. The van der Waals surface area contributed by atoms with Crippen LogP contribution in [0, 0.1) is 0 Å². The lowest BCUT2D eigenvalue weighted by atomic mass is 10.2. The van der Waals surface area contributed by atoms with E-state index in [1.165, 1.54) is 16.2 Å².